The molecule has 0 fully saturated rings. The first-order valence-electron chi connectivity index (χ1n) is 8.01. The molecule has 0 bridgehead atoms. The average Bonchev–Trinajstić information content (AvgIpc) is 2.67. The van der Waals surface area contributed by atoms with Gasteiger partial charge in [0.25, 0.3) is 5.91 Å². The van der Waals surface area contributed by atoms with Crippen molar-refractivity contribution in [3.63, 3.8) is 0 Å². The van der Waals surface area contributed by atoms with E-state index in [0.717, 1.165) is 16.7 Å². The van der Waals surface area contributed by atoms with Gasteiger partial charge in [-0.05, 0) is 41.0 Å². The summed E-state index contributed by atoms with van der Waals surface area (Å²) in [6.07, 6.45) is -0.724. The molecule has 0 saturated carbocycles. The van der Waals surface area contributed by atoms with Crippen LogP contribution in [0, 0.1) is 0 Å². The fourth-order valence-electron chi connectivity index (χ4n) is 2.54. The van der Waals surface area contributed by atoms with Crippen LogP contribution in [0.25, 0.3) is 11.1 Å². The van der Waals surface area contributed by atoms with Gasteiger partial charge in [-0.3, -0.25) is 4.79 Å². The molecule has 25 heavy (non-hydrogen) atoms. The van der Waals surface area contributed by atoms with Crippen molar-refractivity contribution in [2.24, 2.45) is 0 Å². The standard InChI is InChI=1S/C21H18ClNO2/c22-19-12-10-16(11-13-19)15-6-8-18(9-7-15)21(25)23-14-20(24)17-4-2-1-3-5-17/h1-13,20,24H,14H2,(H,23,25)/t20-/m0/s1. The number of rotatable bonds is 5. The Morgan fingerprint density at radius 2 is 1.44 bits per heavy atom. The van der Waals surface area contributed by atoms with Gasteiger partial charge in [-0.1, -0.05) is 66.2 Å². The molecular formula is C21H18ClNO2. The van der Waals surface area contributed by atoms with Gasteiger partial charge < -0.3 is 10.4 Å². The first-order valence-corrected chi connectivity index (χ1v) is 8.38. The number of halogens is 1. The minimum Gasteiger partial charge on any atom is -0.387 e. The molecule has 0 radical (unpaired) electrons. The second-order valence-corrected chi connectivity index (χ2v) is 6.16. The number of hydrogen-bond acceptors (Lipinski definition) is 2. The van der Waals surface area contributed by atoms with Gasteiger partial charge in [0.1, 0.15) is 0 Å². The van der Waals surface area contributed by atoms with Crippen molar-refractivity contribution in [3.8, 4) is 11.1 Å². The predicted molar refractivity (Wildman–Crippen MR) is 101 cm³/mol. The summed E-state index contributed by atoms with van der Waals surface area (Å²) in [6, 6.07) is 24.1. The summed E-state index contributed by atoms with van der Waals surface area (Å²) in [4.78, 5) is 12.2. The molecule has 3 aromatic rings. The third kappa shape index (κ3) is 4.47. The number of aliphatic hydroxyl groups is 1. The van der Waals surface area contributed by atoms with Crippen LogP contribution < -0.4 is 5.32 Å². The third-order valence-electron chi connectivity index (χ3n) is 3.96. The molecule has 0 aromatic heterocycles. The number of nitrogens with one attached hydrogen (secondary N) is 1. The second-order valence-electron chi connectivity index (χ2n) is 5.72. The zero-order valence-corrected chi connectivity index (χ0v) is 14.3. The maximum Gasteiger partial charge on any atom is 0.251 e. The molecule has 0 heterocycles. The zero-order valence-electron chi connectivity index (χ0n) is 13.5. The van der Waals surface area contributed by atoms with Gasteiger partial charge in [0.05, 0.1) is 6.10 Å². The van der Waals surface area contributed by atoms with E-state index >= 15 is 0 Å². The van der Waals surface area contributed by atoms with E-state index in [9.17, 15) is 9.90 Å². The molecule has 0 aliphatic carbocycles. The van der Waals surface area contributed by atoms with E-state index in [4.69, 9.17) is 11.6 Å². The van der Waals surface area contributed by atoms with E-state index in [0.29, 0.717) is 10.6 Å². The zero-order chi connectivity index (χ0) is 17.6. The first kappa shape index (κ1) is 17.2. The molecule has 126 valence electrons. The highest BCUT2D eigenvalue weighted by Crippen LogP contribution is 2.22. The molecule has 0 aliphatic heterocycles. The van der Waals surface area contributed by atoms with E-state index in [1.54, 1.807) is 12.1 Å². The molecule has 4 heteroatoms. The molecule has 0 aliphatic rings. The van der Waals surface area contributed by atoms with Crippen LogP contribution in [0.15, 0.2) is 78.9 Å². The minimum atomic E-state index is -0.724. The average molecular weight is 352 g/mol. The molecule has 3 aromatic carbocycles. The van der Waals surface area contributed by atoms with E-state index in [1.807, 2.05) is 66.7 Å². The summed E-state index contributed by atoms with van der Waals surface area (Å²) in [7, 11) is 0. The monoisotopic (exact) mass is 351 g/mol. The van der Waals surface area contributed by atoms with Gasteiger partial charge in [-0.2, -0.15) is 0 Å². The Morgan fingerprint density at radius 3 is 2.04 bits per heavy atom. The fourth-order valence-corrected chi connectivity index (χ4v) is 2.67. The van der Waals surface area contributed by atoms with E-state index in [1.165, 1.54) is 0 Å². The van der Waals surface area contributed by atoms with Gasteiger partial charge in [0.15, 0.2) is 0 Å². The predicted octanol–water partition coefficient (Wildman–Crippen LogP) is 4.47. The topological polar surface area (TPSA) is 49.3 Å². The van der Waals surface area contributed by atoms with Crippen molar-refractivity contribution in [1.29, 1.82) is 0 Å². The van der Waals surface area contributed by atoms with Crippen LogP contribution in [0.5, 0.6) is 0 Å². The van der Waals surface area contributed by atoms with Crippen molar-refractivity contribution in [1.82, 2.24) is 5.32 Å². The Morgan fingerprint density at radius 1 is 0.880 bits per heavy atom. The maximum absolute atomic E-state index is 12.2. The van der Waals surface area contributed by atoms with Gasteiger partial charge in [0.2, 0.25) is 0 Å². The molecule has 0 saturated heterocycles. The maximum atomic E-state index is 12.2. The fraction of sp³-hybridized carbons (Fsp3) is 0.0952. The Labute approximate surface area is 151 Å². The van der Waals surface area contributed by atoms with Crippen molar-refractivity contribution >= 4 is 17.5 Å². The first-order chi connectivity index (χ1) is 12.1. The number of benzene rings is 3. The lowest BCUT2D eigenvalue weighted by atomic mass is 10.0. The van der Waals surface area contributed by atoms with E-state index < -0.39 is 6.10 Å². The van der Waals surface area contributed by atoms with Crippen molar-refractivity contribution in [2.75, 3.05) is 6.54 Å². The Kier molecular flexibility index (Phi) is 5.49. The third-order valence-corrected chi connectivity index (χ3v) is 4.22. The van der Waals surface area contributed by atoms with Crippen LogP contribution in [-0.4, -0.2) is 17.6 Å². The highest BCUT2D eigenvalue weighted by atomic mass is 35.5. The van der Waals surface area contributed by atoms with Crippen LogP contribution in [-0.2, 0) is 0 Å². The van der Waals surface area contributed by atoms with E-state index in [2.05, 4.69) is 5.32 Å². The number of aliphatic hydroxyl groups excluding tert-OH is 1. The molecular weight excluding hydrogens is 334 g/mol. The van der Waals surface area contributed by atoms with Crippen LogP contribution in [0.1, 0.15) is 22.0 Å². The lowest BCUT2D eigenvalue weighted by molar-refractivity contribution is 0.0916. The lowest BCUT2D eigenvalue weighted by Crippen LogP contribution is -2.28. The van der Waals surface area contributed by atoms with Crippen LogP contribution >= 0.6 is 11.6 Å². The SMILES string of the molecule is O=C(NC[C@H](O)c1ccccc1)c1ccc(-c2ccc(Cl)cc2)cc1. The van der Waals surface area contributed by atoms with Crippen LogP contribution in [0.3, 0.4) is 0 Å². The van der Waals surface area contributed by atoms with Crippen molar-refractivity contribution in [2.45, 2.75) is 6.10 Å². The molecule has 1 amide bonds. The quantitative estimate of drug-likeness (QED) is 0.712. The summed E-state index contributed by atoms with van der Waals surface area (Å²) in [6.45, 7) is 0.168. The number of amides is 1. The van der Waals surface area contributed by atoms with Gasteiger partial charge in [-0.25, -0.2) is 0 Å². The highest BCUT2D eigenvalue weighted by Gasteiger charge is 2.10. The van der Waals surface area contributed by atoms with Gasteiger partial charge in [-0.15, -0.1) is 0 Å². The Balaban J connectivity index is 1.62. The van der Waals surface area contributed by atoms with Crippen LogP contribution in [0.2, 0.25) is 5.02 Å². The molecule has 1 atom stereocenters. The van der Waals surface area contributed by atoms with Crippen LogP contribution in [0.4, 0.5) is 0 Å². The number of carbonyl (C=O) groups is 1. The smallest absolute Gasteiger partial charge is 0.251 e. The minimum absolute atomic E-state index is 0.168. The Bertz CT molecular complexity index is 830. The van der Waals surface area contributed by atoms with E-state index in [-0.39, 0.29) is 12.5 Å². The number of carbonyl (C=O) groups excluding carboxylic acids is 1. The van der Waals surface area contributed by atoms with Gasteiger partial charge >= 0.3 is 0 Å². The molecule has 2 N–H and O–H groups in total. The largest absolute Gasteiger partial charge is 0.387 e. The van der Waals surface area contributed by atoms with Crippen molar-refractivity contribution < 1.29 is 9.90 Å². The normalized spacial score (nSPS) is 11.8. The summed E-state index contributed by atoms with van der Waals surface area (Å²) < 4.78 is 0. The highest BCUT2D eigenvalue weighted by molar-refractivity contribution is 6.30. The summed E-state index contributed by atoms with van der Waals surface area (Å²) in [5.74, 6) is -0.211. The Hall–Kier alpha value is -2.62. The molecule has 0 spiro atoms. The molecule has 3 rings (SSSR count). The van der Waals surface area contributed by atoms with Gasteiger partial charge in [0, 0.05) is 17.1 Å². The molecule has 0 unspecified atom stereocenters. The second kappa shape index (κ2) is 7.97. The number of hydrogen-bond donors (Lipinski definition) is 2. The molecule has 3 nitrogen and oxygen atoms in total. The summed E-state index contributed by atoms with van der Waals surface area (Å²) in [5, 5.41) is 13.6. The lowest BCUT2D eigenvalue weighted by Gasteiger charge is -2.12. The summed E-state index contributed by atoms with van der Waals surface area (Å²) >= 11 is 5.90. The summed E-state index contributed by atoms with van der Waals surface area (Å²) in [5.41, 5.74) is 3.38. The van der Waals surface area contributed by atoms with Crippen molar-refractivity contribution in [3.05, 3.63) is 95.0 Å².